The van der Waals surface area contributed by atoms with Gasteiger partial charge in [0, 0.05) is 20.8 Å². The molecule has 2 aliphatic heterocycles. The first kappa shape index (κ1) is 39.2. The third-order valence-electron chi connectivity index (χ3n) is 7.46. The fraction of sp³-hybridized carbons (Fsp3) is 0.741. The maximum Gasteiger partial charge on any atom is 0.337 e. The van der Waals surface area contributed by atoms with Gasteiger partial charge < -0.3 is 43.3 Å². The van der Waals surface area contributed by atoms with Gasteiger partial charge in [0.2, 0.25) is 0 Å². The molecule has 9 atom stereocenters. The van der Waals surface area contributed by atoms with Gasteiger partial charge in [-0.3, -0.25) is 19.2 Å². The molecule has 0 aromatic rings. The van der Waals surface area contributed by atoms with E-state index >= 15 is 0 Å². The van der Waals surface area contributed by atoms with Crippen LogP contribution in [0.1, 0.15) is 41.5 Å². The summed E-state index contributed by atoms with van der Waals surface area (Å²) in [6.07, 6.45) is -10.4. The fourth-order valence-corrected chi connectivity index (χ4v) is 5.67. The molecule has 2 heterocycles. The Balaban J connectivity index is 2.53. The summed E-state index contributed by atoms with van der Waals surface area (Å²) >= 11 is 17.3. The molecule has 0 spiro atoms. The van der Waals surface area contributed by atoms with E-state index in [4.69, 9.17) is 67.7 Å². The van der Waals surface area contributed by atoms with Crippen LogP contribution in [0.3, 0.4) is 0 Å². The first-order chi connectivity index (χ1) is 20.5. The van der Waals surface area contributed by atoms with E-state index in [0.29, 0.717) is 0 Å². The third kappa shape index (κ3) is 10.3. The molecule has 45 heavy (non-hydrogen) atoms. The largest absolute Gasteiger partial charge is 0.463 e. The molecular weight excluding hydrogens is 681 g/mol. The maximum absolute atomic E-state index is 12.9. The molecule has 14 nitrogen and oxygen atoms in total. The molecule has 0 saturated carbocycles. The average molecular weight is 721 g/mol. The van der Waals surface area contributed by atoms with Crippen molar-refractivity contribution in [3.63, 3.8) is 0 Å². The normalized spacial score (nSPS) is 29.6. The van der Waals surface area contributed by atoms with Crippen molar-refractivity contribution in [1.29, 1.82) is 0 Å². The Bertz CT molecular complexity index is 1140. The van der Waals surface area contributed by atoms with E-state index in [1.54, 1.807) is 0 Å². The standard InChI is InChI=1S/C27H40Cl3NO13Si/c1-10-15(19-18(35)22(23(36)43-19)44-45(8,9)26(5,6)7)41-24-17(31-25(37)27(28,29)30)21(40-14(4)34)20(39-13(3)33)16(42-24)11-38-12(2)32/h10,15-22,24,35H,1,11H2,2-9H3,(H,31,37)/t15-,16+,17+,18+,19+,20+,21+,22-,24+/m0/s1. The summed E-state index contributed by atoms with van der Waals surface area (Å²) in [7, 11) is -2.56. The molecule has 256 valence electrons. The lowest BCUT2D eigenvalue weighted by Gasteiger charge is -2.46. The molecule has 2 aliphatic rings. The predicted octanol–water partition coefficient (Wildman–Crippen LogP) is 2.24. The van der Waals surface area contributed by atoms with Crippen LogP contribution >= 0.6 is 34.8 Å². The fourth-order valence-electron chi connectivity index (χ4n) is 4.28. The molecule has 2 rings (SSSR count). The lowest BCUT2D eigenvalue weighted by Crippen LogP contribution is -2.68. The zero-order chi connectivity index (χ0) is 34.7. The Hall–Kier alpha value is -1.98. The number of ether oxygens (including phenoxy) is 6. The summed E-state index contributed by atoms with van der Waals surface area (Å²) < 4.78 is 37.0. The lowest BCUT2D eigenvalue weighted by atomic mass is 9.95. The van der Waals surface area contributed by atoms with Gasteiger partial charge in [-0.1, -0.05) is 61.7 Å². The number of aliphatic hydroxyl groups excluding tert-OH is 1. The number of esters is 4. The minimum Gasteiger partial charge on any atom is -0.463 e. The van der Waals surface area contributed by atoms with Crippen LogP contribution in [0.25, 0.3) is 0 Å². The number of carbonyl (C=O) groups excluding carboxylic acids is 5. The summed E-state index contributed by atoms with van der Waals surface area (Å²) in [5.41, 5.74) is 0. The van der Waals surface area contributed by atoms with Crippen LogP contribution in [0, 0.1) is 0 Å². The molecule has 0 aliphatic carbocycles. The zero-order valence-corrected chi connectivity index (χ0v) is 29.4. The van der Waals surface area contributed by atoms with Crippen LogP contribution in [-0.2, 0) is 56.8 Å². The summed E-state index contributed by atoms with van der Waals surface area (Å²) in [4.78, 5) is 61.6. The highest BCUT2D eigenvalue weighted by molar-refractivity contribution is 6.76. The minimum absolute atomic E-state index is 0.301. The van der Waals surface area contributed by atoms with Gasteiger partial charge in [-0.05, 0) is 18.1 Å². The van der Waals surface area contributed by atoms with Crippen molar-refractivity contribution in [3.8, 4) is 0 Å². The van der Waals surface area contributed by atoms with Crippen molar-refractivity contribution in [2.45, 2.75) is 119 Å². The van der Waals surface area contributed by atoms with E-state index in [1.165, 1.54) is 6.08 Å². The smallest absolute Gasteiger partial charge is 0.337 e. The highest BCUT2D eigenvalue weighted by atomic mass is 35.6. The van der Waals surface area contributed by atoms with Gasteiger partial charge in [0.25, 0.3) is 9.70 Å². The van der Waals surface area contributed by atoms with Crippen LogP contribution in [0.2, 0.25) is 18.1 Å². The van der Waals surface area contributed by atoms with Crippen LogP contribution in [0.15, 0.2) is 12.7 Å². The van der Waals surface area contributed by atoms with Gasteiger partial charge in [-0.2, -0.15) is 0 Å². The maximum atomic E-state index is 12.9. The second-order valence-electron chi connectivity index (χ2n) is 12.0. The Morgan fingerprint density at radius 2 is 1.60 bits per heavy atom. The molecule has 18 heteroatoms. The number of aliphatic hydroxyl groups is 1. The molecule has 2 N–H and O–H groups in total. The van der Waals surface area contributed by atoms with Crippen LogP contribution in [0.4, 0.5) is 0 Å². The van der Waals surface area contributed by atoms with Crippen LogP contribution < -0.4 is 5.32 Å². The predicted molar refractivity (Wildman–Crippen MR) is 162 cm³/mol. The molecular formula is C27H40Cl3NO13Si. The molecule has 0 radical (unpaired) electrons. The molecule has 0 unspecified atom stereocenters. The molecule has 0 aromatic carbocycles. The Morgan fingerprint density at radius 1 is 1.04 bits per heavy atom. The third-order valence-corrected chi connectivity index (χ3v) is 12.4. The van der Waals surface area contributed by atoms with Crippen molar-refractivity contribution in [3.05, 3.63) is 12.7 Å². The van der Waals surface area contributed by atoms with E-state index in [2.05, 4.69) is 11.9 Å². The molecule has 1 amide bonds. The average Bonchev–Trinajstić information content (AvgIpc) is 3.15. The second-order valence-corrected chi connectivity index (χ2v) is 19.1. The van der Waals surface area contributed by atoms with Gasteiger partial charge in [-0.25, -0.2) is 4.79 Å². The summed E-state index contributed by atoms with van der Waals surface area (Å²) in [5, 5.41) is 13.2. The van der Waals surface area contributed by atoms with Crippen LogP contribution in [-0.4, -0.2) is 109 Å². The monoisotopic (exact) mass is 719 g/mol. The number of carbonyl (C=O) groups is 5. The molecule has 0 aromatic heterocycles. The molecule has 2 saturated heterocycles. The molecule has 0 bridgehead atoms. The number of nitrogens with one attached hydrogen (secondary N) is 1. The van der Waals surface area contributed by atoms with Crippen molar-refractivity contribution in [2.75, 3.05) is 6.61 Å². The van der Waals surface area contributed by atoms with Gasteiger partial charge in [0.15, 0.2) is 39.0 Å². The van der Waals surface area contributed by atoms with E-state index in [0.717, 1.165) is 20.8 Å². The van der Waals surface area contributed by atoms with Crippen molar-refractivity contribution in [1.82, 2.24) is 5.32 Å². The number of rotatable bonds is 11. The number of alkyl halides is 3. The van der Waals surface area contributed by atoms with Crippen molar-refractivity contribution >= 4 is 72.9 Å². The number of hydrogen-bond acceptors (Lipinski definition) is 13. The Labute approximate surface area is 277 Å². The highest BCUT2D eigenvalue weighted by Gasteiger charge is 2.56. The molecule has 2 fully saturated rings. The number of cyclic esters (lactones) is 1. The Kier molecular flexibility index (Phi) is 13.3. The van der Waals surface area contributed by atoms with E-state index < -0.39 is 104 Å². The quantitative estimate of drug-likeness (QED) is 0.104. The minimum atomic E-state index is -2.56. The van der Waals surface area contributed by atoms with E-state index in [-0.39, 0.29) is 5.04 Å². The van der Waals surface area contributed by atoms with E-state index in [9.17, 15) is 29.1 Å². The van der Waals surface area contributed by atoms with Gasteiger partial charge in [0.05, 0.1) is 0 Å². The van der Waals surface area contributed by atoms with Crippen molar-refractivity contribution in [2.24, 2.45) is 0 Å². The Morgan fingerprint density at radius 3 is 2.07 bits per heavy atom. The van der Waals surface area contributed by atoms with Gasteiger partial charge in [-0.15, -0.1) is 6.58 Å². The highest BCUT2D eigenvalue weighted by Crippen LogP contribution is 2.40. The first-order valence-corrected chi connectivity index (χ1v) is 17.9. The lowest BCUT2D eigenvalue weighted by molar-refractivity contribution is -0.290. The number of halogens is 3. The van der Waals surface area contributed by atoms with Gasteiger partial charge in [0.1, 0.15) is 31.0 Å². The summed E-state index contributed by atoms with van der Waals surface area (Å²) in [5.74, 6) is -4.46. The van der Waals surface area contributed by atoms with Crippen LogP contribution in [0.5, 0.6) is 0 Å². The van der Waals surface area contributed by atoms with Crippen molar-refractivity contribution < 1.29 is 61.9 Å². The van der Waals surface area contributed by atoms with E-state index in [1.807, 2.05) is 33.9 Å². The summed E-state index contributed by atoms with van der Waals surface area (Å²) in [6.45, 7) is 16.1. The topological polar surface area (TPSA) is 182 Å². The number of amides is 1. The number of hydrogen-bond donors (Lipinski definition) is 2. The first-order valence-electron chi connectivity index (χ1n) is 13.9. The SMILES string of the molecule is C=C[C@H](O[C@@H]1O[C@H](COC(C)=O)[C@@H](OC(C)=O)[C@H](OC(C)=O)[C@H]1NC(=O)C(Cl)(Cl)Cl)[C@H]1OC(=O)[C@@H](O[Si](C)(C)C(C)(C)C)[C@@H]1O. The van der Waals surface area contributed by atoms with Gasteiger partial charge >= 0.3 is 23.9 Å². The second kappa shape index (κ2) is 15.3. The summed E-state index contributed by atoms with van der Waals surface area (Å²) in [6, 6.07) is -1.55. The zero-order valence-electron chi connectivity index (χ0n) is 26.2.